The summed E-state index contributed by atoms with van der Waals surface area (Å²) in [5.41, 5.74) is 11.9. The van der Waals surface area contributed by atoms with E-state index in [2.05, 4.69) is 19.8 Å². The van der Waals surface area contributed by atoms with E-state index < -0.39 is 12.0 Å². The van der Waals surface area contributed by atoms with Gasteiger partial charge in [0, 0.05) is 50.2 Å². The molecule has 0 bridgehead atoms. The lowest BCUT2D eigenvalue weighted by Crippen LogP contribution is -2.52. The number of aryl methyl sites for hydroxylation is 1. The molecule has 2 aliphatic carbocycles. The molecule has 3 heterocycles. The quantitative estimate of drug-likeness (QED) is 0.281. The Kier molecular flexibility index (Phi) is 10.6. The van der Waals surface area contributed by atoms with Gasteiger partial charge in [-0.3, -0.25) is 14.6 Å². The molecule has 5 N–H and O–H groups in total. The molecule has 11 nitrogen and oxygen atoms in total. The van der Waals surface area contributed by atoms with Gasteiger partial charge in [0.25, 0.3) is 0 Å². The summed E-state index contributed by atoms with van der Waals surface area (Å²) in [5.74, 6) is 0.0391. The Labute approximate surface area is 240 Å². The molecule has 1 aliphatic heterocycles. The predicted octanol–water partition coefficient (Wildman–Crippen LogP) is 1.26. The molecule has 40 heavy (non-hydrogen) atoms. The molecule has 1 amide bonds. The van der Waals surface area contributed by atoms with Gasteiger partial charge in [-0.05, 0) is 56.4 Å². The van der Waals surface area contributed by atoms with Gasteiger partial charge in [0.2, 0.25) is 11.8 Å². The molecule has 2 aromatic heterocycles. The number of primary amides is 1. The number of piperazine rings is 1. The van der Waals surface area contributed by atoms with E-state index in [1.165, 1.54) is 4.88 Å². The Balaban J connectivity index is 1.08. The lowest BCUT2D eigenvalue weighted by Gasteiger charge is -2.41. The number of aliphatic hydroxyl groups excluding tert-OH is 1. The summed E-state index contributed by atoms with van der Waals surface area (Å²) in [6, 6.07) is 0.605. The van der Waals surface area contributed by atoms with E-state index in [0.717, 1.165) is 93.6 Å². The maximum Gasteiger partial charge on any atom is 0.246 e. The summed E-state index contributed by atoms with van der Waals surface area (Å²) in [6.07, 6.45) is 6.98. The third kappa shape index (κ3) is 7.28. The number of aliphatic hydroxyl groups is 1. The number of thiophene rings is 1. The second-order valence-electron chi connectivity index (χ2n) is 11.1. The third-order valence-electron chi connectivity index (χ3n) is 8.56. The zero-order valence-electron chi connectivity index (χ0n) is 23.3. The van der Waals surface area contributed by atoms with Crippen molar-refractivity contribution in [2.24, 2.45) is 11.5 Å². The van der Waals surface area contributed by atoms with E-state index in [9.17, 15) is 9.90 Å². The second kappa shape index (κ2) is 14.3. The van der Waals surface area contributed by atoms with Crippen LogP contribution in [0.5, 0.6) is 5.88 Å². The highest BCUT2D eigenvalue weighted by molar-refractivity contribution is 7.19. The Morgan fingerprint density at radius 2 is 1.80 bits per heavy atom. The third-order valence-corrected chi connectivity index (χ3v) is 9.74. The number of amides is 1. The summed E-state index contributed by atoms with van der Waals surface area (Å²) in [7, 11) is 0. The van der Waals surface area contributed by atoms with Crippen molar-refractivity contribution in [2.75, 3.05) is 65.7 Å². The van der Waals surface area contributed by atoms with Crippen molar-refractivity contribution in [3.63, 3.8) is 0 Å². The molecule has 0 aromatic carbocycles. The van der Waals surface area contributed by atoms with Crippen molar-refractivity contribution >= 4 is 27.5 Å². The lowest BCUT2D eigenvalue weighted by atomic mass is 9.91. The van der Waals surface area contributed by atoms with Crippen LogP contribution in [0.2, 0.25) is 0 Å². The van der Waals surface area contributed by atoms with Crippen LogP contribution < -0.4 is 16.2 Å². The fourth-order valence-corrected chi connectivity index (χ4v) is 7.62. The van der Waals surface area contributed by atoms with Gasteiger partial charge < -0.3 is 30.8 Å². The average molecular weight is 577 g/mol. The lowest BCUT2D eigenvalue weighted by molar-refractivity contribution is -0.126. The molecule has 0 spiro atoms. The summed E-state index contributed by atoms with van der Waals surface area (Å²) < 4.78 is 17.6. The minimum absolute atomic E-state index is 0.0657. The van der Waals surface area contributed by atoms with Crippen LogP contribution in [-0.2, 0) is 20.7 Å². The van der Waals surface area contributed by atoms with Crippen LogP contribution in [0.1, 0.15) is 54.9 Å². The maximum atomic E-state index is 11.5. The Bertz CT molecular complexity index is 1100. The van der Waals surface area contributed by atoms with Crippen LogP contribution in [0.4, 0.5) is 0 Å². The molecule has 2 aromatic rings. The summed E-state index contributed by atoms with van der Waals surface area (Å²) in [4.78, 5) is 27.9. The van der Waals surface area contributed by atoms with Crippen LogP contribution in [0, 0.1) is 0 Å². The molecule has 1 saturated heterocycles. The Morgan fingerprint density at radius 3 is 2.52 bits per heavy atom. The SMILES string of the molecule is NCCOCCOCCN1CCN(C2CCC(Oc3ncnc4sc5c(c34)[C@@H](C[C@H](O)C(N)=O)CC5)CC2)CC1. The monoisotopic (exact) mass is 576 g/mol. The molecule has 0 radical (unpaired) electrons. The molecule has 222 valence electrons. The Hall–Kier alpha value is -1.93. The van der Waals surface area contributed by atoms with Crippen LogP contribution >= 0.6 is 11.3 Å². The Morgan fingerprint density at radius 1 is 1.05 bits per heavy atom. The molecule has 1 saturated carbocycles. The van der Waals surface area contributed by atoms with E-state index in [1.54, 1.807) is 17.7 Å². The number of fused-ring (bicyclic) bond motifs is 3. The van der Waals surface area contributed by atoms with Crippen LogP contribution in [-0.4, -0.2) is 115 Å². The number of hydrogen-bond donors (Lipinski definition) is 3. The molecule has 12 heteroatoms. The number of ether oxygens (including phenoxy) is 3. The highest BCUT2D eigenvalue weighted by Gasteiger charge is 2.34. The first-order chi connectivity index (χ1) is 19.5. The van der Waals surface area contributed by atoms with Gasteiger partial charge in [0.1, 0.15) is 23.4 Å². The van der Waals surface area contributed by atoms with E-state index in [1.807, 2.05) is 0 Å². The van der Waals surface area contributed by atoms with Gasteiger partial charge in [-0.2, -0.15) is 0 Å². The smallest absolute Gasteiger partial charge is 0.246 e. The number of rotatable bonds is 14. The fourth-order valence-electron chi connectivity index (χ4n) is 6.39. The number of hydrogen-bond acceptors (Lipinski definition) is 11. The highest BCUT2D eigenvalue weighted by Crippen LogP contribution is 2.47. The van der Waals surface area contributed by atoms with Crippen LogP contribution in [0.15, 0.2) is 6.33 Å². The number of nitrogens with zero attached hydrogens (tertiary/aromatic N) is 4. The minimum atomic E-state index is -1.14. The fraction of sp³-hybridized carbons (Fsp3) is 0.750. The van der Waals surface area contributed by atoms with Crippen molar-refractivity contribution < 1.29 is 24.1 Å². The average Bonchev–Trinajstić information content (AvgIpc) is 3.53. The van der Waals surface area contributed by atoms with Gasteiger partial charge in [-0.25, -0.2) is 9.97 Å². The number of carbonyl (C=O) groups is 1. The molecule has 2 fully saturated rings. The van der Waals surface area contributed by atoms with Crippen LogP contribution in [0.25, 0.3) is 10.2 Å². The van der Waals surface area contributed by atoms with Crippen molar-refractivity contribution in [1.29, 1.82) is 0 Å². The van der Waals surface area contributed by atoms with Crippen molar-refractivity contribution in [1.82, 2.24) is 19.8 Å². The molecule has 2 atom stereocenters. The molecular weight excluding hydrogens is 532 g/mol. The summed E-state index contributed by atoms with van der Waals surface area (Å²) >= 11 is 1.67. The van der Waals surface area contributed by atoms with Crippen molar-refractivity contribution in [2.45, 2.75) is 69.1 Å². The van der Waals surface area contributed by atoms with Crippen LogP contribution in [0.3, 0.4) is 0 Å². The van der Waals surface area contributed by atoms with E-state index in [-0.39, 0.29) is 12.0 Å². The van der Waals surface area contributed by atoms with Crippen molar-refractivity contribution in [3.8, 4) is 5.88 Å². The zero-order valence-corrected chi connectivity index (χ0v) is 24.2. The van der Waals surface area contributed by atoms with E-state index >= 15 is 0 Å². The van der Waals surface area contributed by atoms with Gasteiger partial charge in [0.05, 0.1) is 31.8 Å². The van der Waals surface area contributed by atoms with E-state index in [0.29, 0.717) is 44.7 Å². The predicted molar refractivity (Wildman–Crippen MR) is 154 cm³/mol. The maximum absolute atomic E-state index is 11.5. The molecule has 0 unspecified atom stereocenters. The first-order valence-corrected chi connectivity index (χ1v) is 15.6. The van der Waals surface area contributed by atoms with Gasteiger partial charge in [-0.1, -0.05) is 0 Å². The molecule has 3 aliphatic rings. The van der Waals surface area contributed by atoms with Gasteiger partial charge >= 0.3 is 0 Å². The number of carbonyl (C=O) groups excluding carboxylic acids is 1. The van der Waals surface area contributed by atoms with Gasteiger partial charge in [0.15, 0.2) is 0 Å². The highest BCUT2D eigenvalue weighted by atomic mass is 32.1. The first-order valence-electron chi connectivity index (χ1n) is 14.8. The molecular formula is C28H44N6O5S. The number of aromatic nitrogens is 2. The molecule has 5 rings (SSSR count). The van der Waals surface area contributed by atoms with E-state index in [4.69, 9.17) is 25.7 Å². The standard InChI is InChI=1S/C28H44N6O5S/c29-7-13-37-15-16-38-14-12-33-8-10-34(11-9-33)20-2-4-21(5-3-20)39-27-25-24-19(17-22(35)26(30)36)1-6-23(24)40-28(25)32-18-31-27/h18-22,35H,1-17,29H2,(H2,30,36)/t19-,20?,21?,22+/m1/s1. The van der Waals surface area contributed by atoms with Crippen molar-refractivity contribution in [3.05, 3.63) is 16.8 Å². The second-order valence-corrected chi connectivity index (χ2v) is 12.2. The number of nitrogens with two attached hydrogens (primary N) is 2. The largest absolute Gasteiger partial charge is 0.474 e. The van der Waals surface area contributed by atoms with Gasteiger partial charge in [-0.15, -0.1) is 11.3 Å². The topological polar surface area (TPSA) is 149 Å². The summed E-state index contributed by atoms with van der Waals surface area (Å²) in [5, 5.41) is 11.1. The first kappa shape index (κ1) is 29.6. The normalized spacial score (nSPS) is 24.8. The zero-order chi connectivity index (χ0) is 27.9. The summed E-state index contributed by atoms with van der Waals surface area (Å²) in [6.45, 7) is 8.44. The minimum Gasteiger partial charge on any atom is -0.474 e.